The lowest BCUT2D eigenvalue weighted by atomic mass is 9.86. The number of nitrogens with zero attached hydrogens (tertiary/aromatic N) is 5. The molecule has 2 atom stereocenters. The van der Waals surface area contributed by atoms with Gasteiger partial charge in [-0.05, 0) is 19.4 Å². The van der Waals surface area contributed by atoms with Crippen LogP contribution in [-0.4, -0.2) is 43.6 Å². The molecule has 0 aliphatic carbocycles. The Morgan fingerprint density at radius 3 is 2.68 bits per heavy atom. The highest BCUT2D eigenvalue weighted by Crippen LogP contribution is 2.36. The van der Waals surface area contributed by atoms with Crippen LogP contribution in [0.15, 0.2) is 52.3 Å². The van der Waals surface area contributed by atoms with Crippen molar-refractivity contribution in [3.63, 3.8) is 0 Å². The van der Waals surface area contributed by atoms with Crippen LogP contribution in [0.3, 0.4) is 0 Å². The van der Waals surface area contributed by atoms with Gasteiger partial charge in [0.05, 0.1) is 24.7 Å². The third-order valence-corrected chi connectivity index (χ3v) is 8.69. The third kappa shape index (κ3) is 4.14. The summed E-state index contributed by atoms with van der Waals surface area (Å²) >= 11 is 0.934. The molecule has 0 bridgehead atoms. The highest BCUT2D eigenvalue weighted by Gasteiger charge is 2.41. The number of rotatable bonds is 8. The van der Waals surface area contributed by atoms with E-state index in [0.717, 1.165) is 34.4 Å². The Balaban J connectivity index is 1.86. The van der Waals surface area contributed by atoms with E-state index in [4.69, 9.17) is 0 Å². The first-order valence-corrected chi connectivity index (χ1v) is 12.8. The maximum absolute atomic E-state index is 14.8. The largest absolute Gasteiger partial charge is 0.381 e. The highest BCUT2D eigenvalue weighted by atomic mass is 32.2. The van der Waals surface area contributed by atoms with Crippen LogP contribution in [0.5, 0.6) is 0 Å². The fraction of sp³-hybridized carbons (Fsp3) is 0.333. The zero-order valence-corrected chi connectivity index (χ0v) is 19.9. The quantitative estimate of drug-likeness (QED) is 0.388. The van der Waals surface area contributed by atoms with E-state index in [0.29, 0.717) is 12.5 Å². The summed E-state index contributed by atoms with van der Waals surface area (Å²) < 4.78 is 55.9. The number of halogens is 2. The molecule has 2 unspecified atom stereocenters. The maximum atomic E-state index is 14.8. The maximum Gasteiger partial charge on any atom is 0.271 e. The van der Waals surface area contributed by atoms with Crippen molar-refractivity contribution in [3.8, 4) is 0 Å². The Kier molecular flexibility index (Phi) is 6.36. The van der Waals surface area contributed by atoms with Gasteiger partial charge in [0.1, 0.15) is 45.0 Å². The fourth-order valence-corrected chi connectivity index (χ4v) is 6.67. The molecule has 0 spiro atoms. The number of hydrogen-bond acceptors (Lipinski definition) is 8. The second kappa shape index (κ2) is 8.96. The molecule has 0 radical (unpaired) electrons. The first kappa shape index (κ1) is 24.1. The van der Waals surface area contributed by atoms with E-state index < -0.39 is 38.7 Å². The molecule has 0 amide bonds. The minimum Gasteiger partial charge on any atom is -0.381 e. The summed E-state index contributed by atoms with van der Waals surface area (Å²) in [7, 11) is -3.61. The topological polar surface area (TPSA) is 120 Å². The van der Waals surface area contributed by atoms with E-state index in [2.05, 4.69) is 15.1 Å². The number of fused-ring (bicyclic) bond motifs is 1. The van der Waals surface area contributed by atoms with Crippen LogP contribution in [0.1, 0.15) is 31.9 Å². The SMILES string of the molecule is CCCS(=O)(=O)c1csc2c(=O)n(C(C)C(O)(Cn3cncn3)c3ccc(F)cc3F)cnc12. The first-order chi connectivity index (χ1) is 16.1. The molecule has 4 rings (SSSR count). The lowest BCUT2D eigenvalue weighted by molar-refractivity contribution is -0.0343. The molecule has 3 aromatic heterocycles. The van der Waals surface area contributed by atoms with Gasteiger partial charge in [0.25, 0.3) is 5.56 Å². The highest BCUT2D eigenvalue weighted by molar-refractivity contribution is 7.91. The third-order valence-electron chi connectivity index (χ3n) is 5.66. The first-order valence-electron chi connectivity index (χ1n) is 10.3. The zero-order valence-electron chi connectivity index (χ0n) is 18.2. The van der Waals surface area contributed by atoms with E-state index in [9.17, 15) is 27.1 Å². The van der Waals surface area contributed by atoms with Crippen LogP contribution in [0.2, 0.25) is 0 Å². The number of sulfone groups is 1. The van der Waals surface area contributed by atoms with Gasteiger partial charge in [-0.3, -0.25) is 9.36 Å². The zero-order chi connectivity index (χ0) is 24.7. The fourth-order valence-electron chi connectivity index (χ4n) is 3.85. The lowest BCUT2D eigenvalue weighted by Crippen LogP contribution is -2.43. The molecule has 13 heteroatoms. The van der Waals surface area contributed by atoms with Crippen molar-refractivity contribution < 1.29 is 22.3 Å². The van der Waals surface area contributed by atoms with Crippen molar-refractivity contribution in [2.45, 2.75) is 43.4 Å². The Labute approximate surface area is 197 Å². The molecule has 1 aromatic carbocycles. The van der Waals surface area contributed by atoms with E-state index >= 15 is 0 Å². The monoisotopic (exact) mass is 509 g/mol. The van der Waals surface area contributed by atoms with Crippen LogP contribution >= 0.6 is 11.3 Å². The summed E-state index contributed by atoms with van der Waals surface area (Å²) in [5.41, 5.74) is -2.86. The van der Waals surface area contributed by atoms with E-state index in [1.807, 2.05) is 0 Å². The molecule has 0 saturated heterocycles. The summed E-state index contributed by atoms with van der Waals surface area (Å²) in [5.74, 6) is -1.90. The van der Waals surface area contributed by atoms with E-state index in [1.165, 1.54) is 29.6 Å². The number of benzene rings is 1. The van der Waals surface area contributed by atoms with Gasteiger partial charge < -0.3 is 5.11 Å². The minimum atomic E-state index is -3.61. The second-order valence-electron chi connectivity index (χ2n) is 7.87. The predicted molar refractivity (Wildman–Crippen MR) is 121 cm³/mol. The Hall–Kier alpha value is -3.03. The number of hydrogen-bond donors (Lipinski definition) is 1. The minimum absolute atomic E-state index is 0.0197. The molecule has 0 aliphatic heterocycles. The van der Waals surface area contributed by atoms with Gasteiger partial charge in [0, 0.05) is 17.0 Å². The van der Waals surface area contributed by atoms with Gasteiger partial charge in [0.15, 0.2) is 9.84 Å². The average molecular weight is 510 g/mol. The normalized spacial score (nSPS) is 14.9. The molecular weight excluding hydrogens is 488 g/mol. The molecular formula is C21H21F2N5O4S2. The van der Waals surface area contributed by atoms with Crippen molar-refractivity contribution in [1.82, 2.24) is 24.3 Å². The summed E-state index contributed by atoms with van der Waals surface area (Å²) in [5, 5.41) is 17.0. The Morgan fingerprint density at radius 1 is 1.26 bits per heavy atom. The Morgan fingerprint density at radius 2 is 2.03 bits per heavy atom. The van der Waals surface area contributed by atoms with Crippen molar-refractivity contribution in [3.05, 3.63) is 70.1 Å². The molecule has 0 aliphatic rings. The predicted octanol–water partition coefficient (Wildman–Crippen LogP) is 2.66. The Bertz CT molecular complexity index is 1500. The molecule has 34 heavy (non-hydrogen) atoms. The van der Waals surface area contributed by atoms with Gasteiger partial charge in [0.2, 0.25) is 0 Å². The van der Waals surface area contributed by atoms with E-state index in [1.54, 1.807) is 6.92 Å². The summed E-state index contributed by atoms with van der Waals surface area (Å²) in [4.78, 5) is 21.3. The van der Waals surface area contributed by atoms with Crippen molar-refractivity contribution in [1.29, 1.82) is 0 Å². The van der Waals surface area contributed by atoms with Crippen LogP contribution in [0, 0.1) is 11.6 Å². The van der Waals surface area contributed by atoms with Crippen LogP contribution in [0.4, 0.5) is 8.78 Å². The molecule has 1 N–H and O–H groups in total. The van der Waals surface area contributed by atoms with Gasteiger partial charge in [-0.15, -0.1) is 11.3 Å². The second-order valence-corrected chi connectivity index (χ2v) is 10.8. The summed E-state index contributed by atoms with van der Waals surface area (Å²) in [6.07, 6.45) is 4.08. The summed E-state index contributed by atoms with van der Waals surface area (Å²) in [6, 6.07) is 1.64. The van der Waals surface area contributed by atoms with Gasteiger partial charge in [-0.1, -0.05) is 13.0 Å². The van der Waals surface area contributed by atoms with E-state index in [-0.39, 0.29) is 33.0 Å². The van der Waals surface area contributed by atoms with Crippen molar-refractivity contribution in [2.75, 3.05) is 5.75 Å². The molecule has 4 aromatic rings. The standard InChI is InChI=1S/C21H21F2N5O4S2/c1-3-6-34(31,32)17-8-33-19-18(17)25-12-28(20(19)29)13(2)21(30,9-27-11-24-10-26-27)15-5-4-14(22)7-16(15)23/h4-5,7-8,10-13,30H,3,6,9H2,1-2H3. The van der Waals surface area contributed by atoms with Crippen molar-refractivity contribution >= 4 is 31.4 Å². The smallest absolute Gasteiger partial charge is 0.271 e. The van der Waals surface area contributed by atoms with Crippen LogP contribution < -0.4 is 5.56 Å². The molecule has 180 valence electrons. The molecule has 0 saturated carbocycles. The van der Waals surface area contributed by atoms with Crippen LogP contribution in [0.25, 0.3) is 10.2 Å². The van der Waals surface area contributed by atoms with Gasteiger partial charge in [-0.2, -0.15) is 5.10 Å². The number of aliphatic hydroxyl groups is 1. The van der Waals surface area contributed by atoms with Gasteiger partial charge in [-0.25, -0.2) is 31.8 Å². The lowest BCUT2D eigenvalue weighted by Gasteiger charge is -2.35. The summed E-state index contributed by atoms with van der Waals surface area (Å²) in [6.45, 7) is 2.91. The van der Waals surface area contributed by atoms with Crippen molar-refractivity contribution in [2.24, 2.45) is 0 Å². The number of aromatic nitrogens is 5. The molecule has 3 heterocycles. The number of thiophene rings is 1. The molecule has 9 nitrogen and oxygen atoms in total. The van der Waals surface area contributed by atoms with Gasteiger partial charge >= 0.3 is 0 Å². The molecule has 0 fully saturated rings. The van der Waals surface area contributed by atoms with Crippen LogP contribution in [-0.2, 0) is 22.0 Å². The average Bonchev–Trinajstić information content (AvgIpc) is 3.43.